The summed E-state index contributed by atoms with van der Waals surface area (Å²) in [4.78, 5) is 13.9. The van der Waals surface area contributed by atoms with Crippen LogP contribution < -0.4 is 10.1 Å². The molecule has 1 aromatic carbocycles. The van der Waals surface area contributed by atoms with E-state index in [-0.39, 0.29) is 33.5 Å². The molecule has 214 valence electrons. The van der Waals surface area contributed by atoms with Gasteiger partial charge in [-0.2, -0.15) is 22.5 Å². The summed E-state index contributed by atoms with van der Waals surface area (Å²) in [6.07, 6.45) is -0.185. The highest BCUT2D eigenvalue weighted by Gasteiger charge is 2.50. The van der Waals surface area contributed by atoms with Gasteiger partial charge >= 0.3 is 6.18 Å². The van der Waals surface area contributed by atoms with Crippen molar-refractivity contribution in [3.05, 3.63) is 35.7 Å². The molecule has 4 fully saturated rings. The Hall–Kier alpha value is -2.94. The van der Waals surface area contributed by atoms with E-state index in [1.54, 1.807) is 6.07 Å². The summed E-state index contributed by atoms with van der Waals surface area (Å²) in [5.74, 6) is 0.295. The van der Waals surface area contributed by atoms with Crippen molar-refractivity contribution in [1.29, 1.82) is 0 Å². The number of nitrogens with one attached hydrogen (secondary N) is 2. The Kier molecular flexibility index (Phi) is 6.04. The first-order chi connectivity index (χ1) is 19.1. The third-order valence-corrected chi connectivity index (χ3v) is 10.4. The highest BCUT2D eigenvalue weighted by molar-refractivity contribution is 7.89. The number of piperidine rings is 1. The van der Waals surface area contributed by atoms with E-state index in [1.807, 2.05) is 0 Å². The number of likely N-dealkylation sites (tertiary alicyclic amines) is 1. The number of H-pyrrole nitrogens is 1. The van der Waals surface area contributed by atoms with Crippen LogP contribution in [0.25, 0.3) is 11.0 Å². The second-order valence-corrected chi connectivity index (χ2v) is 12.8. The Morgan fingerprint density at radius 1 is 1.15 bits per heavy atom. The maximum Gasteiger partial charge on any atom is 0.418 e. The van der Waals surface area contributed by atoms with E-state index in [0.717, 1.165) is 45.0 Å². The standard InChI is InChI=1S/C26H29F3N6O4S/c1-38-20-10-16(40(36,37)34-8-6-15(7-9-34)35-12-21-19(35)13-39-21)4-5-18(20)31-25-32-23(14-2-3-14)22-17(26(27,28)29)11-30-24(22)33-25/h4-5,10-11,14-15,19,21H,2-3,6-9,12-13H2,1H3,(H2,30,31,32,33). The molecule has 2 unspecified atom stereocenters. The fraction of sp³-hybridized carbons (Fsp3) is 0.538. The topological polar surface area (TPSA) is 113 Å². The number of aromatic nitrogens is 3. The van der Waals surface area contributed by atoms with Gasteiger partial charge in [-0.25, -0.2) is 13.4 Å². The maximum absolute atomic E-state index is 13.6. The zero-order valence-electron chi connectivity index (χ0n) is 21.7. The average molecular weight is 579 g/mol. The molecule has 2 N–H and O–H groups in total. The smallest absolute Gasteiger partial charge is 0.418 e. The normalized spacial score (nSPS) is 24.4. The van der Waals surface area contributed by atoms with Crippen molar-refractivity contribution in [3.8, 4) is 5.75 Å². The molecular weight excluding hydrogens is 549 g/mol. The van der Waals surface area contributed by atoms with Crippen LogP contribution in [0.5, 0.6) is 5.75 Å². The highest BCUT2D eigenvalue weighted by Crippen LogP contribution is 2.46. The average Bonchev–Trinajstić information content (AvgIpc) is 3.67. The van der Waals surface area contributed by atoms with Crippen LogP contribution in [0, 0.1) is 0 Å². The summed E-state index contributed by atoms with van der Waals surface area (Å²) < 4.78 is 80.1. The first kappa shape index (κ1) is 26.0. The number of benzene rings is 1. The number of rotatable bonds is 7. The number of aromatic amines is 1. The number of morpholine rings is 1. The summed E-state index contributed by atoms with van der Waals surface area (Å²) in [5, 5.41) is 3.01. The van der Waals surface area contributed by atoms with Gasteiger partial charge in [-0.05, 0) is 37.8 Å². The molecule has 0 bridgehead atoms. The first-order valence-corrected chi connectivity index (χ1v) is 14.9. The molecule has 10 nitrogen and oxygen atoms in total. The van der Waals surface area contributed by atoms with E-state index in [9.17, 15) is 21.6 Å². The Morgan fingerprint density at radius 2 is 1.93 bits per heavy atom. The van der Waals surface area contributed by atoms with Gasteiger partial charge in [0.25, 0.3) is 0 Å². The molecule has 14 heteroatoms. The van der Waals surface area contributed by atoms with Gasteiger partial charge < -0.3 is 19.8 Å². The van der Waals surface area contributed by atoms with Gasteiger partial charge in [0.1, 0.15) is 11.4 Å². The van der Waals surface area contributed by atoms with Crippen LogP contribution in [0.3, 0.4) is 0 Å². The number of anilines is 2. The molecule has 2 atom stereocenters. The lowest BCUT2D eigenvalue weighted by atomic mass is 9.89. The predicted octanol–water partition coefficient (Wildman–Crippen LogP) is 3.84. The quantitative estimate of drug-likeness (QED) is 0.435. The third-order valence-electron chi connectivity index (χ3n) is 8.51. The highest BCUT2D eigenvalue weighted by atomic mass is 32.2. The number of ether oxygens (including phenoxy) is 2. The van der Waals surface area contributed by atoms with Crippen molar-refractivity contribution in [2.75, 3.05) is 38.7 Å². The number of methoxy groups -OCH3 is 1. The van der Waals surface area contributed by atoms with Crippen molar-refractivity contribution >= 4 is 32.7 Å². The summed E-state index contributed by atoms with van der Waals surface area (Å²) in [7, 11) is -2.32. The van der Waals surface area contributed by atoms with Crippen LogP contribution in [-0.4, -0.2) is 84.1 Å². The lowest BCUT2D eigenvalue weighted by molar-refractivity contribution is -0.229. The Morgan fingerprint density at radius 3 is 2.52 bits per heavy atom. The van der Waals surface area contributed by atoms with E-state index in [4.69, 9.17) is 9.47 Å². The zero-order chi connectivity index (χ0) is 27.8. The second-order valence-electron chi connectivity index (χ2n) is 10.9. The molecule has 2 aromatic heterocycles. The van der Waals surface area contributed by atoms with Crippen LogP contribution in [0.4, 0.5) is 24.8 Å². The molecule has 40 heavy (non-hydrogen) atoms. The molecule has 5 heterocycles. The van der Waals surface area contributed by atoms with Gasteiger partial charge in [0, 0.05) is 43.9 Å². The first-order valence-electron chi connectivity index (χ1n) is 13.4. The number of fused-ring (bicyclic) bond motifs is 2. The maximum atomic E-state index is 13.6. The van der Waals surface area contributed by atoms with E-state index in [0.29, 0.717) is 42.7 Å². The van der Waals surface area contributed by atoms with Crippen LogP contribution in [0.15, 0.2) is 29.3 Å². The van der Waals surface area contributed by atoms with Gasteiger partial charge in [-0.3, -0.25) is 4.90 Å². The number of halogens is 3. The fourth-order valence-corrected chi connectivity index (χ4v) is 7.52. The zero-order valence-corrected chi connectivity index (χ0v) is 22.6. The van der Waals surface area contributed by atoms with Gasteiger partial charge in [0.15, 0.2) is 0 Å². The van der Waals surface area contributed by atoms with Crippen LogP contribution in [0.2, 0.25) is 0 Å². The Balaban J connectivity index is 1.11. The van der Waals surface area contributed by atoms with E-state index >= 15 is 0 Å². The molecule has 3 saturated heterocycles. The SMILES string of the molecule is COc1cc(S(=O)(=O)N2CCC(N3CC4OCC43)CC2)ccc1Nc1nc(C2CC2)c2c(C(F)(F)F)c[nH]c2n1. The molecule has 0 spiro atoms. The van der Waals surface area contributed by atoms with E-state index in [1.165, 1.54) is 23.5 Å². The Bertz CT molecular complexity index is 1570. The Labute approximate surface area is 228 Å². The van der Waals surface area contributed by atoms with Crippen molar-refractivity contribution in [2.45, 2.75) is 60.9 Å². The van der Waals surface area contributed by atoms with Gasteiger partial charge in [-0.1, -0.05) is 0 Å². The van der Waals surface area contributed by atoms with Crippen LogP contribution in [0.1, 0.15) is 42.9 Å². The molecule has 7 rings (SSSR count). The van der Waals surface area contributed by atoms with Crippen molar-refractivity contribution < 1.29 is 31.1 Å². The van der Waals surface area contributed by atoms with Gasteiger partial charge in [0.05, 0.1) is 53.1 Å². The van der Waals surface area contributed by atoms with Crippen molar-refractivity contribution in [1.82, 2.24) is 24.2 Å². The number of hydrogen-bond donors (Lipinski definition) is 2. The largest absolute Gasteiger partial charge is 0.495 e. The molecule has 3 aliphatic heterocycles. The molecule has 1 saturated carbocycles. The molecule has 3 aromatic rings. The molecular formula is C26H29F3N6O4S. The number of sulfonamides is 1. The van der Waals surface area contributed by atoms with Crippen molar-refractivity contribution in [3.63, 3.8) is 0 Å². The fourth-order valence-electron chi connectivity index (χ4n) is 6.04. The second kappa shape index (κ2) is 9.29. The van der Waals surface area contributed by atoms with Crippen LogP contribution >= 0.6 is 0 Å². The molecule has 1 aliphatic carbocycles. The lowest BCUT2D eigenvalue weighted by Crippen LogP contribution is -2.73. The van der Waals surface area contributed by atoms with Crippen molar-refractivity contribution in [2.24, 2.45) is 0 Å². The van der Waals surface area contributed by atoms with Gasteiger partial charge in [-0.15, -0.1) is 0 Å². The third kappa shape index (κ3) is 4.32. The number of hydrogen-bond acceptors (Lipinski definition) is 8. The molecule has 0 radical (unpaired) electrons. The lowest BCUT2D eigenvalue weighted by Gasteiger charge is -2.58. The van der Waals surface area contributed by atoms with Crippen LogP contribution in [-0.2, 0) is 20.9 Å². The molecule has 0 amide bonds. The number of nitrogens with zero attached hydrogens (tertiary/aromatic N) is 4. The summed E-state index contributed by atoms with van der Waals surface area (Å²) in [5.41, 5.74) is 0.0604. The minimum atomic E-state index is -4.52. The predicted molar refractivity (Wildman–Crippen MR) is 139 cm³/mol. The number of alkyl halides is 3. The monoisotopic (exact) mass is 578 g/mol. The summed E-state index contributed by atoms with van der Waals surface area (Å²) >= 11 is 0. The molecule has 4 aliphatic rings. The van der Waals surface area contributed by atoms with Gasteiger partial charge in [0.2, 0.25) is 16.0 Å². The summed E-state index contributed by atoms with van der Waals surface area (Å²) in [6, 6.07) is 5.38. The minimum absolute atomic E-state index is 0.00678. The van der Waals surface area contributed by atoms with E-state index in [2.05, 4.69) is 25.2 Å². The summed E-state index contributed by atoms with van der Waals surface area (Å²) in [6.45, 7) is 2.58. The van der Waals surface area contributed by atoms with E-state index < -0.39 is 21.8 Å². The minimum Gasteiger partial charge on any atom is -0.495 e.